The maximum absolute atomic E-state index is 12.6. The predicted molar refractivity (Wildman–Crippen MR) is 123 cm³/mol. The standard InChI is InChI=1S/C22H26ClN3O4S/c1-15(13-24-22(29)18-8-9-19(23)31-18)3-10-20(27)25(2)16-4-6-17(7-5-16)26-11-12-30-14-21(26)28/h4-9,15H,3,10-14H2,1-2H3,(H,24,29)/t15-/m0/s1. The highest BCUT2D eigenvalue weighted by molar-refractivity contribution is 7.18. The Hall–Kier alpha value is -2.42. The van der Waals surface area contributed by atoms with E-state index in [1.54, 1.807) is 29.0 Å². The molecule has 3 rings (SSSR count). The molecule has 1 saturated heterocycles. The fourth-order valence-corrected chi connectivity index (χ4v) is 4.18. The van der Waals surface area contributed by atoms with Crippen LogP contribution in [-0.2, 0) is 14.3 Å². The molecule has 2 heterocycles. The van der Waals surface area contributed by atoms with Crippen LogP contribution in [0, 0.1) is 5.92 Å². The molecular weight excluding hydrogens is 438 g/mol. The zero-order chi connectivity index (χ0) is 22.4. The number of thiophene rings is 1. The number of nitrogens with zero attached hydrogens (tertiary/aromatic N) is 2. The van der Waals surface area contributed by atoms with Gasteiger partial charge in [-0.25, -0.2) is 0 Å². The van der Waals surface area contributed by atoms with Crippen LogP contribution in [0.25, 0.3) is 0 Å². The van der Waals surface area contributed by atoms with Crippen LogP contribution in [0.5, 0.6) is 0 Å². The lowest BCUT2D eigenvalue weighted by Gasteiger charge is -2.27. The number of amides is 3. The molecule has 1 aromatic carbocycles. The first kappa shape index (κ1) is 23.2. The van der Waals surface area contributed by atoms with Crippen molar-refractivity contribution in [3.8, 4) is 0 Å². The molecule has 0 spiro atoms. The van der Waals surface area contributed by atoms with E-state index in [1.165, 1.54) is 11.3 Å². The molecule has 0 unspecified atom stereocenters. The van der Waals surface area contributed by atoms with E-state index in [9.17, 15) is 14.4 Å². The number of benzene rings is 1. The molecule has 1 fully saturated rings. The summed E-state index contributed by atoms with van der Waals surface area (Å²) in [5.41, 5.74) is 1.57. The second kappa shape index (κ2) is 10.7. The van der Waals surface area contributed by atoms with Crippen LogP contribution in [0.15, 0.2) is 36.4 Å². The highest BCUT2D eigenvalue weighted by atomic mass is 35.5. The Labute approximate surface area is 190 Å². The Morgan fingerprint density at radius 3 is 2.65 bits per heavy atom. The largest absolute Gasteiger partial charge is 0.370 e. The molecule has 0 bridgehead atoms. The first-order valence-corrected chi connectivity index (χ1v) is 11.3. The minimum atomic E-state index is -0.147. The second-order valence-electron chi connectivity index (χ2n) is 7.52. The van der Waals surface area contributed by atoms with Gasteiger partial charge in [0.05, 0.1) is 15.8 Å². The van der Waals surface area contributed by atoms with E-state index in [2.05, 4.69) is 5.32 Å². The summed E-state index contributed by atoms with van der Waals surface area (Å²) in [6.45, 7) is 3.64. The molecule has 3 amide bonds. The fourth-order valence-electron chi connectivity index (χ4n) is 3.22. The van der Waals surface area contributed by atoms with Gasteiger partial charge in [-0.2, -0.15) is 0 Å². The molecule has 9 heteroatoms. The molecule has 2 aromatic rings. The minimum Gasteiger partial charge on any atom is -0.370 e. The highest BCUT2D eigenvalue weighted by Crippen LogP contribution is 2.23. The van der Waals surface area contributed by atoms with Gasteiger partial charge in [0, 0.05) is 37.9 Å². The monoisotopic (exact) mass is 463 g/mol. The number of anilines is 2. The number of carbonyl (C=O) groups is 3. The molecule has 1 aliphatic rings. The molecule has 1 N–H and O–H groups in total. The van der Waals surface area contributed by atoms with Gasteiger partial charge in [-0.3, -0.25) is 14.4 Å². The predicted octanol–water partition coefficient (Wildman–Crippen LogP) is 3.57. The molecule has 1 aromatic heterocycles. The van der Waals surface area contributed by atoms with E-state index in [0.29, 0.717) is 41.8 Å². The van der Waals surface area contributed by atoms with Crippen LogP contribution in [0.2, 0.25) is 4.34 Å². The molecule has 0 aliphatic carbocycles. The number of halogens is 1. The SMILES string of the molecule is C[C@@H](CCC(=O)N(C)c1ccc(N2CCOCC2=O)cc1)CNC(=O)c1ccc(Cl)s1. The van der Waals surface area contributed by atoms with Crippen LogP contribution in [-0.4, -0.2) is 51.1 Å². The molecule has 1 aliphatic heterocycles. The highest BCUT2D eigenvalue weighted by Gasteiger charge is 2.20. The average Bonchev–Trinajstić information content (AvgIpc) is 3.22. The maximum Gasteiger partial charge on any atom is 0.261 e. The van der Waals surface area contributed by atoms with Gasteiger partial charge in [0.25, 0.3) is 11.8 Å². The van der Waals surface area contributed by atoms with Crippen molar-refractivity contribution in [1.82, 2.24) is 5.32 Å². The Morgan fingerprint density at radius 2 is 2.00 bits per heavy atom. The van der Waals surface area contributed by atoms with E-state index in [1.807, 2.05) is 31.2 Å². The van der Waals surface area contributed by atoms with Gasteiger partial charge >= 0.3 is 0 Å². The lowest BCUT2D eigenvalue weighted by atomic mass is 10.0. The van der Waals surface area contributed by atoms with Gasteiger partial charge in [0.15, 0.2) is 0 Å². The Balaban J connectivity index is 1.45. The molecule has 31 heavy (non-hydrogen) atoms. The average molecular weight is 464 g/mol. The van der Waals surface area contributed by atoms with Gasteiger partial charge in [0.2, 0.25) is 5.91 Å². The van der Waals surface area contributed by atoms with Gasteiger partial charge in [-0.05, 0) is 48.7 Å². The van der Waals surface area contributed by atoms with E-state index in [4.69, 9.17) is 16.3 Å². The zero-order valence-electron chi connectivity index (χ0n) is 17.6. The van der Waals surface area contributed by atoms with Gasteiger partial charge in [0.1, 0.15) is 6.61 Å². The lowest BCUT2D eigenvalue weighted by Crippen LogP contribution is -2.41. The third-order valence-corrected chi connectivity index (χ3v) is 6.40. The number of rotatable bonds is 8. The first-order valence-electron chi connectivity index (χ1n) is 10.1. The fraction of sp³-hybridized carbons (Fsp3) is 0.409. The summed E-state index contributed by atoms with van der Waals surface area (Å²) in [4.78, 5) is 40.5. The zero-order valence-corrected chi connectivity index (χ0v) is 19.2. The molecule has 0 saturated carbocycles. The van der Waals surface area contributed by atoms with Crippen molar-refractivity contribution in [2.45, 2.75) is 19.8 Å². The topological polar surface area (TPSA) is 79.0 Å². The quantitative estimate of drug-likeness (QED) is 0.649. The van der Waals surface area contributed by atoms with Gasteiger partial charge < -0.3 is 19.9 Å². The molecule has 166 valence electrons. The van der Waals surface area contributed by atoms with Crippen LogP contribution in [0.4, 0.5) is 11.4 Å². The summed E-state index contributed by atoms with van der Waals surface area (Å²) in [5, 5.41) is 2.88. The summed E-state index contributed by atoms with van der Waals surface area (Å²) in [6, 6.07) is 10.8. The van der Waals surface area contributed by atoms with E-state index in [0.717, 1.165) is 11.4 Å². The number of morpholine rings is 1. The minimum absolute atomic E-state index is 0.00147. The van der Waals surface area contributed by atoms with Crippen molar-refractivity contribution in [3.63, 3.8) is 0 Å². The van der Waals surface area contributed by atoms with E-state index in [-0.39, 0.29) is 30.2 Å². The van der Waals surface area contributed by atoms with Crippen LogP contribution in [0.3, 0.4) is 0 Å². The molecule has 1 atom stereocenters. The van der Waals surface area contributed by atoms with Crippen LogP contribution < -0.4 is 15.1 Å². The molecular formula is C22H26ClN3O4S. The van der Waals surface area contributed by atoms with Crippen molar-refractivity contribution >= 4 is 52.0 Å². The van der Waals surface area contributed by atoms with E-state index < -0.39 is 0 Å². The maximum atomic E-state index is 12.6. The lowest BCUT2D eigenvalue weighted by molar-refractivity contribution is -0.125. The number of carbonyl (C=O) groups excluding carboxylic acids is 3. The normalized spacial score (nSPS) is 14.9. The van der Waals surface area contributed by atoms with Crippen LogP contribution >= 0.6 is 22.9 Å². The van der Waals surface area contributed by atoms with Crippen molar-refractivity contribution in [2.24, 2.45) is 5.92 Å². The number of hydrogen-bond donors (Lipinski definition) is 1. The number of ether oxygens (including phenoxy) is 1. The molecule has 7 nitrogen and oxygen atoms in total. The van der Waals surface area contributed by atoms with Crippen molar-refractivity contribution in [3.05, 3.63) is 45.6 Å². The summed E-state index contributed by atoms with van der Waals surface area (Å²) < 4.78 is 5.73. The molecule has 0 radical (unpaired) electrons. The first-order chi connectivity index (χ1) is 14.8. The second-order valence-corrected chi connectivity index (χ2v) is 9.24. The van der Waals surface area contributed by atoms with Gasteiger partial charge in [-0.1, -0.05) is 18.5 Å². The third kappa shape index (κ3) is 6.29. The third-order valence-electron chi connectivity index (χ3n) is 5.17. The number of nitrogens with one attached hydrogen (secondary N) is 1. The van der Waals surface area contributed by atoms with E-state index >= 15 is 0 Å². The summed E-state index contributed by atoms with van der Waals surface area (Å²) in [5.74, 6) is -0.0532. The Bertz CT molecular complexity index is 931. The van der Waals surface area contributed by atoms with Crippen LogP contribution in [0.1, 0.15) is 29.4 Å². The summed E-state index contributed by atoms with van der Waals surface area (Å²) >= 11 is 7.10. The van der Waals surface area contributed by atoms with Crippen molar-refractivity contribution in [1.29, 1.82) is 0 Å². The van der Waals surface area contributed by atoms with Gasteiger partial charge in [-0.15, -0.1) is 11.3 Å². The Morgan fingerprint density at radius 1 is 1.26 bits per heavy atom. The number of hydrogen-bond acceptors (Lipinski definition) is 5. The Kier molecular flexibility index (Phi) is 8.06. The van der Waals surface area contributed by atoms with Crippen molar-refractivity contribution in [2.75, 3.05) is 43.2 Å². The van der Waals surface area contributed by atoms with Crippen molar-refractivity contribution < 1.29 is 19.1 Å². The summed E-state index contributed by atoms with van der Waals surface area (Å²) in [6.07, 6.45) is 1.04. The summed E-state index contributed by atoms with van der Waals surface area (Å²) in [7, 11) is 1.74. The smallest absolute Gasteiger partial charge is 0.261 e.